The predicted molar refractivity (Wildman–Crippen MR) is 162 cm³/mol. The number of anilines is 1. The first-order chi connectivity index (χ1) is 18.7. The second-order valence-corrected chi connectivity index (χ2v) is 13.3. The molecule has 0 spiro atoms. The van der Waals surface area contributed by atoms with Crippen LogP contribution >= 0.6 is 0 Å². The van der Waals surface area contributed by atoms with Crippen molar-refractivity contribution in [1.29, 1.82) is 0 Å². The van der Waals surface area contributed by atoms with Crippen molar-refractivity contribution in [1.82, 2.24) is 10.2 Å². The highest BCUT2D eigenvalue weighted by Gasteiger charge is 2.34. The topological polar surface area (TPSA) is 86.8 Å². The van der Waals surface area contributed by atoms with Crippen molar-refractivity contribution in [3.8, 4) is 0 Å². The number of carbonyl (C=O) groups is 2. The summed E-state index contributed by atoms with van der Waals surface area (Å²) in [6.07, 6.45) is 1.37. The SMILES string of the molecule is Cc1ccc(N(CC(=O)N(Cc2ccccc2C)[C@H](Cc2ccccc2)C(=O)NC(C)(C)C)S(C)(=O)=O)cc1C. The average molecular weight is 564 g/mol. The highest BCUT2D eigenvalue weighted by atomic mass is 32.2. The number of hydrogen-bond donors (Lipinski definition) is 1. The van der Waals surface area contributed by atoms with Gasteiger partial charge >= 0.3 is 0 Å². The van der Waals surface area contributed by atoms with E-state index in [0.717, 1.165) is 38.4 Å². The van der Waals surface area contributed by atoms with Crippen molar-refractivity contribution in [3.05, 3.63) is 101 Å². The highest BCUT2D eigenvalue weighted by Crippen LogP contribution is 2.23. The largest absolute Gasteiger partial charge is 0.350 e. The van der Waals surface area contributed by atoms with Crippen molar-refractivity contribution < 1.29 is 18.0 Å². The van der Waals surface area contributed by atoms with Gasteiger partial charge in [-0.3, -0.25) is 13.9 Å². The zero-order chi connectivity index (χ0) is 29.7. The molecule has 3 aromatic rings. The van der Waals surface area contributed by atoms with Crippen LogP contribution in [0.25, 0.3) is 0 Å². The van der Waals surface area contributed by atoms with Gasteiger partial charge in [0.05, 0.1) is 11.9 Å². The second-order valence-electron chi connectivity index (χ2n) is 11.4. The number of amides is 2. The van der Waals surface area contributed by atoms with Crippen LogP contribution in [0.15, 0.2) is 72.8 Å². The third-order valence-corrected chi connectivity index (χ3v) is 7.97. The molecule has 1 atom stereocenters. The van der Waals surface area contributed by atoms with E-state index in [0.29, 0.717) is 5.69 Å². The number of sulfonamides is 1. The van der Waals surface area contributed by atoms with Crippen LogP contribution in [0.4, 0.5) is 5.69 Å². The molecule has 2 amide bonds. The van der Waals surface area contributed by atoms with Gasteiger partial charge in [0.15, 0.2) is 0 Å². The summed E-state index contributed by atoms with van der Waals surface area (Å²) in [4.78, 5) is 29.5. The molecule has 3 aromatic carbocycles. The Balaban J connectivity index is 2.10. The van der Waals surface area contributed by atoms with Crippen LogP contribution in [0.1, 0.15) is 48.6 Å². The molecule has 7 nitrogen and oxygen atoms in total. The van der Waals surface area contributed by atoms with E-state index in [1.54, 1.807) is 12.1 Å². The number of nitrogens with one attached hydrogen (secondary N) is 1. The van der Waals surface area contributed by atoms with Crippen LogP contribution in [0.3, 0.4) is 0 Å². The first-order valence-electron chi connectivity index (χ1n) is 13.4. The first-order valence-corrected chi connectivity index (χ1v) is 15.3. The molecule has 0 bridgehead atoms. The Morgan fingerprint density at radius 1 is 0.850 bits per heavy atom. The summed E-state index contributed by atoms with van der Waals surface area (Å²) >= 11 is 0. The van der Waals surface area contributed by atoms with Crippen molar-refractivity contribution >= 4 is 27.5 Å². The van der Waals surface area contributed by atoms with E-state index in [-0.39, 0.29) is 18.9 Å². The van der Waals surface area contributed by atoms with E-state index in [1.807, 2.05) is 102 Å². The lowest BCUT2D eigenvalue weighted by molar-refractivity contribution is -0.140. The minimum Gasteiger partial charge on any atom is -0.350 e. The molecule has 1 N–H and O–H groups in total. The van der Waals surface area contributed by atoms with Crippen LogP contribution in [0, 0.1) is 20.8 Å². The number of rotatable bonds is 10. The number of hydrogen-bond acceptors (Lipinski definition) is 4. The van der Waals surface area contributed by atoms with Gasteiger partial charge in [-0.15, -0.1) is 0 Å². The van der Waals surface area contributed by atoms with E-state index in [4.69, 9.17) is 0 Å². The van der Waals surface area contributed by atoms with Crippen LogP contribution in [-0.2, 0) is 32.6 Å². The zero-order valence-corrected chi connectivity index (χ0v) is 25.4. The summed E-state index contributed by atoms with van der Waals surface area (Å²) in [6, 6.07) is 21.7. The lowest BCUT2D eigenvalue weighted by atomic mass is 10.00. The fourth-order valence-corrected chi connectivity index (χ4v) is 5.31. The fraction of sp³-hybridized carbons (Fsp3) is 0.375. The van der Waals surface area contributed by atoms with Gasteiger partial charge in [-0.2, -0.15) is 0 Å². The average Bonchev–Trinajstić information content (AvgIpc) is 2.86. The van der Waals surface area contributed by atoms with E-state index in [1.165, 1.54) is 4.90 Å². The Labute approximate surface area is 239 Å². The quantitative estimate of drug-likeness (QED) is 0.379. The molecular weight excluding hydrogens is 522 g/mol. The standard InChI is InChI=1S/C32H41N3O4S/c1-23-17-18-28(19-25(23)3)35(40(7,38)39)22-30(36)34(21-27-16-12-11-13-24(27)2)29(31(37)33-32(4,5)6)20-26-14-9-8-10-15-26/h8-19,29H,20-22H2,1-7H3,(H,33,37)/t29-/m1/s1. The third-order valence-electron chi connectivity index (χ3n) is 6.83. The maximum atomic E-state index is 14.2. The minimum atomic E-state index is -3.81. The first kappa shape index (κ1) is 30.9. The van der Waals surface area contributed by atoms with Crippen molar-refractivity contribution in [2.45, 2.75) is 66.1 Å². The number of nitrogens with zero attached hydrogens (tertiary/aromatic N) is 2. The van der Waals surface area contributed by atoms with Crippen LogP contribution in [0.5, 0.6) is 0 Å². The Morgan fingerprint density at radius 3 is 2.05 bits per heavy atom. The normalized spacial score (nSPS) is 12.5. The monoisotopic (exact) mass is 563 g/mol. The summed E-state index contributed by atoms with van der Waals surface area (Å²) in [5.74, 6) is -0.757. The Kier molecular flexibility index (Phi) is 9.79. The van der Waals surface area contributed by atoms with Crippen molar-refractivity contribution in [3.63, 3.8) is 0 Å². The molecule has 0 unspecified atom stereocenters. The number of aryl methyl sites for hydroxylation is 3. The number of carbonyl (C=O) groups excluding carboxylic acids is 2. The van der Waals surface area contributed by atoms with E-state index < -0.39 is 34.1 Å². The van der Waals surface area contributed by atoms with Gasteiger partial charge in [-0.05, 0) is 81.5 Å². The van der Waals surface area contributed by atoms with Crippen molar-refractivity contribution in [2.75, 3.05) is 17.1 Å². The Hall–Kier alpha value is -3.65. The van der Waals surface area contributed by atoms with Crippen molar-refractivity contribution in [2.24, 2.45) is 0 Å². The highest BCUT2D eigenvalue weighted by molar-refractivity contribution is 7.92. The second kappa shape index (κ2) is 12.7. The summed E-state index contributed by atoms with van der Waals surface area (Å²) < 4.78 is 27.0. The Bertz CT molecular complexity index is 1450. The third kappa shape index (κ3) is 8.42. The molecule has 0 aliphatic heterocycles. The summed E-state index contributed by atoms with van der Waals surface area (Å²) in [5.41, 5.74) is 4.58. The van der Waals surface area contributed by atoms with Crippen LogP contribution in [0.2, 0.25) is 0 Å². The van der Waals surface area contributed by atoms with Gasteiger partial charge in [0, 0.05) is 18.5 Å². The van der Waals surface area contributed by atoms with Gasteiger partial charge in [-0.25, -0.2) is 8.42 Å². The minimum absolute atomic E-state index is 0.158. The molecular formula is C32H41N3O4S. The van der Waals surface area contributed by atoms with Crippen LogP contribution < -0.4 is 9.62 Å². The molecule has 0 radical (unpaired) electrons. The van der Waals surface area contributed by atoms with E-state index in [9.17, 15) is 18.0 Å². The lowest BCUT2D eigenvalue weighted by Gasteiger charge is -2.35. The van der Waals surface area contributed by atoms with E-state index in [2.05, 4.69) is 5.32 Å². The summed E-state index contributed by atoms with van der Waals surface area (Å²) in [5, 5.41) is 3.04. The molecule has 0 fully saturated rings. The maximum absolute atomic E-state index is 14.2. The van der Waals surface area contributed by atoms with Gasteiger partial charge in [-0.1, -0.05) is 60.7 Å². The lowest BCUT2D eigenvalue weighted by Crippen LogP contribution is -2.56. The molecule has 40 heavy (non-hydrogen) atoms. The van der Waals surface area contributed by atoms with Gasteiger partial charge in [0.25, 0.3) is 0 Å². The molecule has 0 heterocycles. The molecule has 0 aliphatic carbocycles. The summed E-state index contributed by atoms with van der Waals surface area (Å²) in [6.45, 7) is 11.2. The Morgan fingerprint density at radius 2 is 1.48 bits per heavy atom. The smallest absolute Gasteiger partial charge is 0.244 e. The van der Waals surface area contributed by atoms with E-state index >= 15 is 0 Å². The number of benzene rings is 3. The molecule has 214 valence electrons. The maximum Gasteiger partial charge on any atom is 0.244 e. The molecule has 3 rings (SSSR count). The zero-order valence-electron chi connectivity index (χ0n) is 24.6. The van der Waals surface area contributed by atoms with Crippen LogP contribution in [-0.4, -0.2) is 49.5 Å². The molecule has 0 saturated carbocycles. The summed E-state index contributed by atoms with van der Waals surface area (Å²) in [7, 11) is -3.81. The van der Waals surface area contributed by atoms with Gasteiger partial charge in [0.1, 0.15) is 12.6 Å². The molecule has 0 aliphatic rings. The predicted octanol–water partition coefficient (Wildman–Crippen LogP) is 4.93. The van der Waals surface area contributed by atoms with Gasteiger partial charge < -0.3 is 10.2 Å². The fourth-order valence-electron chi connectivity index (χ4n) is 4.47. The molecule has 0 aromatic heterocycles. The molecule has 0 saturated heterocycles. The molecule has 8 heteroatoms. The van der Waals surface area contributed by atoms with Gasteiger partial charge in [0.2, 0.25) is 21.8 Å².